The number of nitrogens with zero attached hydrogens (tertiary/aromatic N) is 4. The molecule has 3 heterocycles. The third-order valence-electron chi connectivity index (χ3n) is 5.18. The second kappa shape index (κ2) is 11.1. The van der Waals surface area contributed by atoms with Crippen molar-refractivity contribution in [2.24, 2.45) is 7.05 Å². The van der Waals surface area contributed by atoms with E-state index >= 15 is 0 Å². The predicted molar refractivity (Wildman–Crippen MR) is 118 cm³/mol. The van der Waals surface area contributed by atoms with E-state index in [4.69, 9.17) is 9.47 Å². The molecule has 2 N–H and O–H groups in total. The minimum absolute atomic E-state index is 0.101. The number of anilines is 1. The third kappa shape index (κ3) is 6.41. The van der Waals surface area contributed by atoms with Crippen molar-refractivity contribution < 1.29 is 19.1 Å². The summed E-state index contributed by atoms with van der Waals surface area (Å²) in [6.45, 7) is 6.08. The van der Waals surface area contributed by atoms with Gasteiger partial charge in [0.05, 0.1) is 7.11 Å². The molecule has 0 unspecified atom stereocenters. The van der Waals surface area contributed by atoms with E-state index in [0.717, 1.165) is 36.6 Å². The molecule has 2 aromatic heterocycles. The van der Waals surface area contributed by atoms with Crippen LogP contribution in [0, 0.1) is 6.92 Å². The van der Waals surface area contributed by atoms with Crippen LogP contribution in [0.25, 0.3) is 0 Å². The van der Waals surface area contributed by atoms with Crippen molar-refractivity contribution in [3.63, 3.8) is 0 Å². The molecule has 31 heavy (non-hydrogen) atoms. The van der Waals surface area contributed by atoms with Gasteiger partial charge in [0.25, 0.3) is 0 Å². The number of urea groups is 1. The first-order valence-corrected chi connectivity index (χ1v) is 11.2. The molecule has 10 nitrogen and oxygen atoms in total. The van der Waals surface area contributed by atoms with Crippen molar-refractivity contribution >= 4 is 28.5 Å². The average Bonchev–Trinajstić information content (AvgIpc) is 3.47. The molecular formula is C20H30N6O4S. The van der Waals surface area contributed by atoms with Crippen LogP contribution in [0.2, 0.25) is 0 Å². The maximum atomic E-state index is 12.3. The number of nitrogens with one attached hydrogen (secondary N) is 2. The van der Waals surface area contributed by atoms with Gasteiger partial charge in [-0.25, -0.2) is 9.59 Å². The highest BCUT2D eigenvalue weighted by Gasteiger charge is 2.25. The van der Waals surface area contributed by atoms with Crippen molar-refractivity contribution in [3.05, 3.63) is 23.0 Å². The van der Waals surface area contributed by atoms with Crippen LogP contribution in [0.4, 0.5) is 9.80 Å². The number of carbonyl (C=O) groups is 2. The quantitative estimate of drug-likeness (QED) is 0.423. The lowest BCUT2D eigenvalue weighted by Gasteiger charge is -2.14. The van der Waals surface area contributed by atoms with Crippen molar-refractivity contribution in [2.75, 3.05) is 38.6 Å². The molecule has 0 saturated carbocycles. The molecule has 1 saturated heterocycles. The number of carbonyl (C=O) groups excluding carboxylic acids is 2. The number of hydrogen-bond donors (Lipinski definition) is 2. The Balaban J connectivity index is 1.50. The summed E-state index contributed by atoms with van der Waals surface area (Å²) in [6.07, 6.45) is 4.50. The highest BCUT2D eigenvalue weighted by molar-refractivity contribution is 7.11. The van der Waals surface area contributed by atoms with E-state index in [1.807, 2.05) is 20.0 Å². The summed E-state index contributed by atoms with van der Waals surface area (Å²) in [4.78, 5) is 27.0. The largest absolute Gasteiger partial charge is 0.470 e. The molecule has 0 atom stereocenters. The number of likely N-dealkylation sites (tertiary alicyclic amines) is 1. The van der Waals surface area contributed by atoms with Gasteiger partial charge in [-0.2, -0.15) is 9.47 Å². The van der Waals surface area contributed by atoms with Gasteiger partial charge in [-0.1, -0.05) is 0 Å². The molecule has 0 aromatic carbocycles. The summed E-state index contributed by atoms with van der Waals surface area (Å²) < 4.78 is 16.4. The number of aryl methyl sites for hydroxylation is 2. The van der Waals surface area contributed by atoms with E-state index in [1.54, 1.807) is 4.68 Å². The van der Waals surface area contributed by atoms with Crippen LogP contribution in [-0.2, 0) is 18.4 Å². The number of hydrogen-bond acceptors (Lipinski definition) is 8. The summed E-state index contributed by atoms with van der Waals surface area (Å²) in [6, 6.07) is 1.50. The van der Waals surface area contributed by atoms with Crippen LogP contribution < -0.4 is 15.4 Å². The molecule has 3 rings (SSSR count). The first-order chi connectivity index (χ1) is 15.0. The third-order valence-corrected chi connectivity index (χ3v) is 5.93. The number of unbranched alkanes of at least 4 members (excludes halogenated alkanes) is 1. The fraction of sp³-hybridized carbons (Fsp3) is 0.600. The Kier molecular flexibility index (Phi) is 8.24. The molecule has 170 valence electrons. The molecule has 1 aliphatic heterocycles. The van der Waals surface area contributed by atoms with E-state index in [-0.39, 0.29) is 29.1 Å². The lowest BCUT2D eigenvalue weighted by Crippen LogP contribution is -2.30. The van der Waals surface area contributed by atoms with Gasteiger partial charge in [-0.15, -0.1) is 0 Å². The van der Waals surface area contributed by atoms with E-state index < -0.39 is 5.97 Å². The lowest BCUT2D eigenvalue weighted by molar-refractivity contribution is 0.0596. The Labute approximate surface area is 186 Å². The summed E-state index contributed by atoms with van der Waals surface area (Å²) in [5, 5.41) is 10.1. The average molecular weight is 451 g/mol. The molecule has 11 heteroatoms. The molecule has 1 aliphatic rings. The smallest absolute Gasteiger partial charge is 0.346 e. The topological polar surface area (TPSA) is 111 Å². The van der Waals surface area contributed by atoms with Gasteiger partial charge in [0.2, 0.25) is 5.88 Å². The first kappa shape index (κ1) is 23.0. The van der Waals surface area contributed by atoms with Crippen LogP contribution in [0.15, 0.2) is 6.07 Å². The summed E-state index contributed by atoms with van der Waals surface area (Å²) in [5.41, 5.74) is 1.80. The standard InChI is InChI=1S/C20H30N6O4S/c1-14-12-15(23-25(14)2)13-30-17-16(19(27)29-3)18(31-24-17)22-20(28)21-8-4-5-9-26-10-6-7-11-26/h12H,4-11,13H2,1-3H3,(H2,21,22,28). The van der Waals surface area contributed by atoms with E-state index in [1.165, 1.54) is 33.0 Å². The van der Waals surface area contributed by atoms with Crippen molar-refractivity contribution in [2.45, 2.75) is 39.2 Å². The van der Waals surface area contributed by atoms with Gasteiger partial charge in [-0.3, -0.25) is 10.00 Å². The summed E-state index contributed by atoms with van der Waals surface area (Å²) in [5.74, 6) is -0.511. The monoisotopic (exact) mass is 450 g/mol. The van der Waals surface area contributed by atoms with Crippen molar-refractivity contribution in [1.29, 1.82) is 0 Å². The molecule has 2 aromatic rings. The number of ether oxygens (including phenoxy) is 2. The second-order valence-electron chi connectivity index (χ2n) is 7.51. The van der Waals surface area contributed by atoms with E-state index in [2.05, 4.69) is 25.0 Å². The fourth-order valence-corrected chi connectivity index (χ4v) is 4.12. The van der Waals surface area contributed by atoms with Gasteiger partial charge < -0.3 is 19.7 Å². The van der Waals surface area contributed by atoms with E-state index in [0.29, 0.717) is 12.2 Å². The Bertz CT molecular complexity index is 871. The second-order valence-corrected chi connectivity index (χ2v) is 8.28. The SMILES string of the molecule is COC(=O)c1c(OCc2cc(C)n(C)n2)nsc1NC(=O)NCCCCN1CCCC1. The van der Waals surface area contributed by atoms with Gasteiger partial charge in [0, 0.05) is 19.3 Å². The van der Waals surface area contributed by atoms with Crippen LogP contribution in [0.5, 0.6) is 5.88 Å². The van der Waals surface area contributed by atoms with Gasteiger partial charge in [-0.05, 0) is 69.8 Å². The fourth-order valence-electron chi connectivity index (χ4n) is 3.41. The zero-order valence-corrected chi connectivity index (χ0v) is 19.1. The van der Waals surface area contributed by atoms with E-state index in [9.17, 15) is 9.59 Å². The Hall–Kier alpha value is -2.66. The Morgan fingerprint density at radius 2 is 2.03 bits per heavy atom. The predicted octanol–water partition coefficient (Wildman–Crippen LogP) is 2.55. The number of esters is 1. The van der Waals surface area contributed by atoms with Gasteiger partial charge in [0.1, 0.15) is 17.3 Å². The zero-order chi connectivity index (χ0) is 22.2. The Morgan fingerprint density at radius 3 is 2.71 bits per heavy atom. The summed E-state index contributed by atoms with van der Waals surface area (Å²) >= 11 is 0.972. The zero-order valence-electron chi connectivity index (χ0n) is 18.3. The van der Waals surface area contributed by atoms with Gasteiger partial charge >= 0.3 is 12.0 Å². The van der Waals surface area contributed by atoms with Crippen LogP contribution in [0.1, 0.15) is 47.4 Å². The maximum Gasteiger partial charge on any atom is 0.346 e. The molecule has 0 bridgehead atoms. The highest BCUT2D eigenvalue weighted by atomic mass is 32.1. The molecule has 0 radical (unpaired) electrons. The van der Waals surface area contributed by atoms with Gasteiger partial charge in [0.15, 0.2) is 5.56 Å². The molecule has 0 aliphatic carbocycles. The molecular weight excluding hydrogens is 420 g/mol. The minimum Gasteiger partial charge on any atom is -0.470 e. The Morgan fingerprint density at radius 1 is 1.26 bits per heavy atom. The highest BCUT2D eigenvalue weighted by Crippen LogP contribution is 2.31. The van der Waals surface area contributed by atoms with Crippen LogP contribution in [0.3, 0.4) is 0 Å². The van der Waals surface area contributed by atoms with Crippen molar-refractivity contribution in [3.8, 4) is 5.88 Å². The number of aromatic nitrogens is 3. The molecule has 2 amide bonds. The minimum atomic E-state index is -0.623. The number of rotatable bonds is 10. The lowest BCUT2D eigenvalue weighted by atomic mass is 10.3. The van der Waals surface area contributed by atoms with Crippen LogP contribution >= 0.6 is 11.5 Å². The molecule has 0 spiro atoms. The van der Waals surface area contributed by atoms with Crippen LogP contribution in [-0.4, -0.2) is 64.3 Å². The normalized spacial score (nSPS) is 13.9. The first-order valence-electron chi connectivity index (χ1n) is 10.5. The number of amides is 2. The summed E-state index contributed by atoms with van der Waals surface area (Å²) in [7, 11) is 3.12. The number of methoxy groups -OCH3 is 1. The maximum absolute atomic E-state index is 12.3. The van der Waals surface area contributed by atoms with Crippen molar-refractivity contribution in [1.82, 2.24) is 24.4 Å². The molecule has 1 fully saturated rings.